The molecule has 0 saturated carbocycles. The zero-order valence-corrected chi connectivity index (χ0v) is 16.1. The first kappa shape index (κ1) is 20.0. The fraction of sp³-hybridized carbons (Fsp3) is 0.824. The van der Waals surface area contributed by atoms with Crippen LogP contribution in [0.5, 0.6) is 0 Å². The number of rotatable bonds is 6. The van der Waals surface area contributed by atoms with Crippen molar-refractivity contribution in [1.29, 1.82) is 0 Å². The minimum absolute atomic E-state index is 0.0484. The molecular formula is C17H30O5Si. The molecule has 23 heavy (non-hydrogen) atoms. The summed E-state index contributed by atoms with van der Waals surface area (Å²) in [5.41, 5.74) is 2.62. The number of epoxide rings is 1. The Morgan fingerprint density at radius 1 is 1.30 bits per heavy atom. The van der Waals surface area contributed by atoms with Gasteiger partial charge in [0.2, 0.25) is 0 Å². The topological polar surface area (TPSA) is 68.3 Å². The van der Waals surface area contributed by atoms with Gasteiger partial charge >= 0.3 is 6.16 Å². The van der Waals surface area contributed by atoms with Crippen LogP contribution in [0.2, 0.25) is 19.6 Å². The summed E-state index contributed by atoms with van der Waals surface area (Å²) in [7, 11) is -1.42. The molecule has 0 aromatic carbocycles. The number of ether oxygens (including phenoxy) is 3. The number of aliphatic hydroxyl groups excluding tert-OH is 1. The largest absolute Gasteiger partial charge is 0.508 e. The van der Waals surface area contributed by atoms with Gasteiger partial charge in [0.25, 0.3) is 0 Å². The second kappa shape index (κ2) is 8.18. The molecule has 1 rings (SSSR count). The van der Waals surface area contributed by atoms with Crippen LogP contribution in [-0.2, 0) is 14.2 Å². The van der Waals surface area contributed by atoms with E-state index in [9.17, 15) is 9.90 Å². The molecule has 0 spiro atoms. The second-order valence-electron chi connectivity index (χ2n) is 7.95. The highest BCUT2D eigenvalue weighted by Crippen LogP contribution is 2.27. The van der Waals surface area contributed by atoms with E-state index in [1.54, 1.807) is 20.8 Å². The molecule has 0 bridgehead atoms. The summed E-state index contributed by atoms with van der Waals surface area (Å²) in [4.78, 5) is 11.4. The van der Waals surface area contributed by atoms with Gasteiger partial charge in [0, 0.05) is 0 Å². The molecule has 0 aromatic rings. The van der Waals surface area contributed by atoms with Crippen molar-refractivity contribution in [2.75, 3.05) is 6.61 Å². The van der Waals surface area contributed by atoms with Gasteiger partial charge in [-0.15, -0.1) is 5.54 Å². The lowest BCUT2D eigenvalue weighted by Crippen LogP contribution is -2.25. The maximum atomic E-state index is 11.4. The highest BCUT2D eigenvalue weighted by Gasteiger charge is 2.39. The Labute approximate surface area is 140 Å². The first-order valence-corrected chi connectivity index (χ1v) is 11.7. The van der Waals surface area contributed by atoms with Gasteiger partial charge in [0.1, 0.15) is 32.5 Å². The second-order valence-corrected chi connectivity index (χ2v) is 12.7. The van der Waals surface area contributed by atoms with Gasteiger partial charge in [-0.2, -0.15) is 0 Å². The van der Waals surface area contributed by atoms with Crippen molar-refractivity contribution >= 4 is 14.2 Å². The van der Waals surface area contributed by atoms with Crippen molar-refractivity contribution in [3.8, 4) is 11.5 Å². The predicted molar refractivity (Wildman–Crippen MR) is 91.8 cm³/mol. The zero-order chi connectivity index (χ0) is 17.7. The highest BCUT2D eigenvalue weighted by molar-refractivity contribution is 6.83. The Hall–Kier alpha value is -1.03. The number of carbonyl (C=O) groups is 1. The molecule has 0 aromatic heterocycles. The van der Waals surface area contributed by atoms with Crippen LogP contribution >= 0.6 is 0 Å². The third kappa shape index (κ3) is 10.4. The quantitative estimate of drug-likeness (QED) is 0.348. The molecule has 0 aliphatic carbocycles. The van der Waals surface area contributed by atoms with Crippen LogP contribution < -0.4 is 0 Å². The van der Waals surface area contributed by atoms with Crippen LogP contribution in [0.15, 0.2) is 0 Å². The Balaban J connectivity index is 2.11. The summed E-state index contributed by atoms with van der Waals surface area (Å²) >= 11 is 0. The van der Waals surface area contributed by atoms with E-state index in [1.807, 2.05) is 0 Å². The van der Waals surface area contributed by atoms with Crippen molar-refractivity contribution in [2.24, 2.45) is 0 Å². The highest BCUT2D eigenvalue weighted by atomic mass is 28.3. The molecule has 0 amide bonds. The third-order valence-electron chi connectivity index (χ3n) is 3.02. The van der Waals surface area contributed by atoms with E-state index in [0.717, 1.165) is 12.8 Å². The predicted octanol–water partition coefficient (Wildman–Crippen LogP) is 3.12. The van der Waals surface area contributed by atoms with Gasteiger partial charge in [-0.25, -0.2) is 4.79 Å². The Morgan fingerprint density at radius 2 is 1.96 bits per heavy atom. The van der Waals surface area contributed by atoms with E-state index in [2.05, 4.69) is 31.1 Å². The van der Waals surface area contributed by atoms with Gasteiger partial charge in [-0.05, 0) is 40.0 Å². The van der Waals surface area contributed by atoms with Gasteiger partial charge in [0.05, 0.1) is 6.10 Å². The summed E-state index contributed by atoms with van der Waals surface area (Å²) in [6.07, 6.45) is 1.17. The summed E-state index contributed by atoms with van der Waals surface area (Å²) in [5.74, 6) is 2.93. The van der Waals surface area contributed by atoms with Crippen molar-refractivity contribution in [3.05, 3.63) is 0 Å². The van der Waals surface area contributed by atoms with Crippen LogP contribution in [0.4, 0.5) is 4.79 Å². The molecule has 132 valence electrons. The van der Waals surface area contributed by atoms with Crippen LogP contribution in [0.1, 0.15) is 40.0 Å². The Kier molecular flexibility index (Phi) is 7.12. The van der Waals surface area contributed by atoms with Crippen LogP contribution in [0, 0.1) is 11.5 Å². The molecular weight excluding hydrogens is 312 g/mol. The molecule has 1 unspecified atom stereocenters. The normalized spacial score (nSPS) is 21.9. The molecule has 0 radical (unpaired) electrons. The molecule has 1 N–H and O–H groups in total. The first-order valence-electron chi connectivity index (χ1n) is 8.18. The third-order valence-corrected chi connectivity index (χ3v) is 3.92. The van der Waals surface area contributed by atoms with E-state index in [0.29, 0.717) is 6.42 Å². The molecule has 5 nitrogen and oxygen atoms in total. The van der Waals surface area contributed by atoms with Gasteiger partial charge < -0.3 is 19.3 Å². The maximum Gasteiger partial charge on any atom is 0.508 e. The fourth-order valence-corrected chi connectivity index (χ4v) is 2.49. The van der Waals surface area contributed by atoms with Crippen LogP contribution in [0.25, 0.3) is 0 Å². The molecule has 1 fully saturated rings. The molecule has 1 heterocycles. The number of hydrogen-bond donors (Lipinski definition) is 1. The molecule has 3 atom stereocenters. The monoisotopic (exact) mass is 342 g/mol. The smallest absolute Gasteiger partial charge is 0.431 e. The van der Waals surface area contributed by atoms with E-state index < -0.39 is 25.9 Å². The lowest BCUT2D eigenvalue weighted by molar-refractivity contribution is -0.00947. The summed E-state index contributed by atoms with van der Waals surface area (Å²) in [6, 6.07) is 0. The van der Waals surface area contributed by atoms with Crippen molar-refractivity contribution in [1.82, 2.24) is 0 Å². The van der Waals surface area contributed by atoms with E-state index in [-0.39, 0.29) is 18.8 Å². The summed E-state index contributed by atoms with van der Waals surface area (Å²) < 4.78 is 15.5. The molecule has 1 saturated heterocycles. The maximum absolute atomic E-state index is 11.4. The Bertz CT molecular complexity index is 452. The van der Waals surface area contributed by atoms with Crippen LogP contribution in [0.3, 0.4) is 0 Å². The number of carbonyl (C=O) groups excluding carboxylic acids is 1. The van der Waals surface area contributed by atoms with Gasteiger partial charge in [0.15, 0.2) is 0 Å². The minimum atomic E-state index is -1.42. The summed E-state index contributed by atoms with van der Waals surface area (Å²) in [5, 5.41) is 9.82. The van der Waals surface area contributed by atoms with E-state index in [1.165, 1.54) is 0 Å². The Morgan fingerprint density at radius 3 is 2.52 bits per heavy atom. The average molecular weight is 343 g/mol. The lowest BCUT2D eigenvalue weighted by Gasteiger charge is -2.18. The van der Waals surface area contributed by atoms with Crippen molar-refractivity contribution < 1.29 is 24.1 Å². The van der Waals surface area contributed by atoms with E-state index in [4.69, 9.17) is 14.2 Å². The zero-order valence-electron chi connectivity index (χ0n) is 15.1. The number of hydrogen-bond acceptors (Lipinski definition) is 5. The molecule has 6 heteroatoms. The van der Waals surface area contributed by atoms with Gasteiger partial charge in [-0.3, -0.25) is 0 Å². The summed E-state index contributed by atoms with van der Waals surface area (Å²) in [6.45, 7) is 12.1. The standard InChI is InChI=1S/C17H30O5Si/c1-17(2,3)22-16(19)20-12-15-14(21-15)9-7-8-13(18)10-11-23(4,5)6/h13-15,18H,7-9,12H2,1-6H3/t13?,14-,15-/m0/s1. The SMILES string of the molecule is CC(C)(C)OC(=O)OC[C@@H]1O[C@H]1CCCC(O)C#C[Si](C)(C)C. The van der Waals surface area contributed by atoms with Crippen LogP contribution in [-0.4, -0.2) is 49.9 Å². The number of aliphatic hydroxyl groups is 1. The first-order chi connectivity index (χ1) is 10.5. The van der Waals surface area contributed by atoms with E-state index >= 15 is 0 Å². The van der Waals surface area contributed by atoms with Crippen molar-refractivity contribution in [2.45, 2.75) is 83.6 Å². The van der Waals surface area contributed by atoms with Gasteiger partial charge in [-0.1, -0.05) is 25.6 Å². The molecule has 1 aliphatic rings. The minimum Gasteiger partial charge on any atom is -0.431 e. The fourth-order valence-electron chi connectivity index (χ4n) is 1.89. The average Bonchev–Trinajstić information content (AvgIpc) is 3.10. The molecule has 1 aliphatic heterocycles. The van der Waals surface area contributed by atoms with Crippen molar-refractivity contribution in [3.63, 3.8) is 0 Å². The lowest BCUT2D eigenvalue weighted by atomic mass is 10.1.